The van der Waals surface area contributed by atoms with E-state index in [4.69, 9.17) is 0 Å². The van der Waals surface area contributed by atoms with Gasteiger partial charge in [-0.1, -0.05) is 18.2 Å². The Balaban J connectivity index is 1.41. The van der Waals surface area contributed by atoms with Crippen molar-refractivity contribution >= 4 is 33.1 Å². The van der Waals surface area contributed by atoms with Crippen LogP contribution in [0.25, 0.3) is 21.7 Å². The van der Waals surface area contributed by atoms with Gasteiger partial charge in [-0.05, 0) is 24.3 Å². The zero-order valence-corrected chi connectivity index (χ0v) is 17.3. The average molecular weight is 433 g/mol. The van der Waals surface area contributed by atoms with Gasteiger partial charge in [0.15, 0.2) is 5.82 Å². The minimum absolute atomic E-state index is 0.145. The maximum atomic E-state index is 13.2. The second kappa shape index (κ2) is 7.84. The van der Waals surface area contributed by atoms with Crippen molar-refractivity contribution < 1.29 is 9.90 Å². The molecule has 1 fully saturated rings. The highest BCUT2D eigenvalue weighted by Crippen LogP contribution is 2.28. The van der Waals surface area contributed by atoms with E-state index >= 15 is 0 Å². The van der Waals surface area contributed by atoms with Gasteiger partial charge >= 0.3 is 0 Å². The Morgan fingerprint density at radius 1 is 1.06 bits per heavy atom. The van der Waals surface area contributed by atoms with Crippen LogP contribution in [0.5, 0.6) is 5.75 Å². The molecular formula is C22H19N5O3S. The van der Waals surface area contributed by atoms with E-state index < -0.39 is 0 Å². The number of phenols is 1. The molecule has 0 unspecified atom stereocenters. The van der Waals surface area contributed by atoms with Gasteiger partial charge in [0, 0.05) is 37.8 Å². The number of para-hydroxylation sites is 2. The molecule has 0 saturated carbocycles. The molecule has 4 heterocycles. The molecule has 9 heteroatoms. The molecule has 4 aromatic rings. The molecule has 1 saturated heterocycles. The van der Waals surface area contributed by atoms with Crippen LogP contribution in [0.3, 0.4) is 0 Å². The Kier molecular flexibility index (Phi) is 4.87. The maximum absolute atomic E-state index is 13.2. The van der Waals surface area contributed by atoms with Gasteiger partial charge in [-0.25, -0.2) is 4.98 Å². The number of pyridine rings is 1. The number of hydrogen-bond acceptors (Lipinski definition) is 7. The van der Waals surface area contributed by atoms with Gasteiger partial charge in [0.05, 0.1) is 11.3 Å². The van der Waals surface area contributed by atoms with E-state index in [9.17, 15) is 14.7 Å². The summed E-state index contributed by atoms with van der Waals surface area (Å²) >= 11 is 1.22. The second-order valence-electron chi connectivity index (χ2n) is 7.22. The van der Waals surface area contributed by atoms with E-state index in [1.165, 1.54) is 11.3 Å². The minimum atomic E-state index is -0.279. The molecule has 31 heavy (non-hydrogen) atoms. The number of thiophene rings is 1. The van der Waals surface area contributed by atoms with E-state index in [0.29, 0.717) is 53.5 Å². The van der Waals surface area contributed by atoms with E-state index in [-0.39, 0.29) is 17.2 Å². The first-order valence-electron chi connectivity index (χ1n) is 9.87. The summed E-state index contributed by atoms with van der Waals surface area (Å²) in [6.07, 6.45) is 1.63. The van der Waals surface area contributed by atoms with Gasteiger partial charge in [0.1, 0.15) is 21.7 Å². The van der Waals surface area contributed by atoms with E-state index in [2.05, 4.69) is 19.9 Å². The monoisotopic (exact) mass is 433 g/mol. The maximum Gasteiger partial charge on any atom is 0.269 e. The number of carbonyl (C=O) groups excluding carboxylic acids is 1. The lowest BCUT2D eigenvalue weighted by Crippen LogP contribution is -2.48. The van der Waals surface area contributed by atoms with Gasteiger partial charge in [-0.3, -0.25) is 14.6 Å². The van der Waals surface area contributed by atoms with Crippen molar-refractivity contribution in [1.82, 2.24) is 19.9 Å². The van der Waals surface area contributed by atoms with Crippen molar-refractivity contribution in [3.8, 4) is 17.3 Å². The highest BCUT2D eigenvalue weighted by molar-refractivity contribution is 7.17. The van der Waals surface area contributed by atoms with Gasteiger partial charge in [0.2, 0.25) is 0 Å². The van der Waals surface area contributed by atoms with E-state index in [0.717, 1.165) is 5.69 Å². The van der Waals surface area contributed by atoms with Crippen molar-refractivity contribution in [3.63, 3.8) is 0 Å². The molecule has 156 valence electrons. The molecule has 5 rings (SSSR count). The largest absolute Gasteiger partial charge is 0.506 e. The summed E-state index contributed by atoms with van der Waals surface area (Å²) in [4.78, 5) is 41.2. The van der Waals surface area contributed by atoms with Crippen LogP contribution in [-0.2, 0) is 0 Å². The number of benzene rings is 1. The number of phenolic OH excluding ortho intramolecular Hbond substituents is 1. The third kappa shape index (κ3) is 3.53. The molecular weight excluding hydrogens is 414 g/mol. The molecule has 0 aliphatic carbocycles. The molecule has 8 nitrogen and oxygen atoms in total. The number of hydrogen-bond donors (Lipinski definition) is 2. The van der Waals surface area contributed by atoms with Crippen LogP contribution in [0.4, 0.5) is 5.69 Å². The second-order valence-corrected chi connectivity index (χ2v) is 8.10. The van der Waals surface area contributed by atoms with Crippen LogP contribution < -0.4 is 10.5 Å². The molecule has 1 aliphatic heterocycles. The first-order chi connectivity index (χ1) is 15.1. The number of aromatic nitrogens is 3. The van der Waals surface area contributed by atoms with Crippen LogP contribution in [0.1, 0.15) is 10.4 Å². The summed E-state index contributed by atoms with van der Waals surface area (Å²) in [5.41, 5.74) is 1.87. The number of rotatable bonds is 3. The van der Waals surface area contributed by atoms with Crippen LogP contribution in [0.15, 0.2) is 58.8 Å². The number of aromatic amines is 1. The van der Waals surface area contributed by atoms with Gasteiger partial charge in [-0.15, -0.1) is 11.3 Å². The summed E-state index contributed by atoms with van der Waals surface area (Å²) in [6.45, 7) is 2.25. The SMILES string of the molecule is O=C(c1csc2c(=O)[nH]c(-c3ccccn3)nc12)N1CCN(c2ccccc2O)CC1. The molecule has 1 aromatic carbocycles. The number of nitrogens with one attached hydrogen (secondary N) is 1. The number of nitrogens with zero attached hydrogens (tertiary/aromatic N) is 4. The first-order valence-corrected chi connectivity index (χ1v) is 10.7. The Morgan fingerprint density at radius 2 is 1.84 bits per heavy atom. The fraction of sp³-hybridized carbons (Fsp3) is 0.182. The molecule has 0 atom stereocenters. The van der Waals surface area contributed by atoms with Gasteiger partial charge in [-0.2, -0.15) is 0 Å². The van der Waals surface area contributed by atoms with E-state index in [1.807, 2.05) is 18.2 Å². The number of anilines is 1. The third-order valence-corrected chi connectivity index (χ3v) is 6.32. The molecule has 1 amide bonds. The molecule has 1 aliphatic rings. The number of fused-ring (bicyclic) bond motifs is 1. The highest BCUT2D eigenvalue weighted by atomic mass is 32.1. The Bertz CT molecular complexity index is 1310. The molecule has 2 N–H and O–H groups in total. The summed E-state index contributed by atoms with van der Waals surface area (Å²) in [7, 11) is 0. The Hall–Kier alpha value is -3.72. The molecule has 0 spiro atoms. The molecule has 0 radical (unpaired) electrons. The molecule has 3 aromatic heterocycles. The highest BCUT2D eigenvalue weighted by Gasteiger charge is 2.26. The predicted molar refractivity (Wildman–Crippen MR) is 120 cm³/mol. The fourth-order valence-electron chi connectivity index (χ4n) is 3.76. The number of aromatic hydroxyl groups is 1. The average Bonchev–Trinajstić information content (AvgIpc) is 3.24. The van der Waals surface area contributed by atoms with Gasteiger partial charge < -0.3 is 19.9 Å². The lowest BCUT2D eigenvalue weighted by molar-refractivity contribution is 0.0749. The lowest BCUT2D eigenvalue weighted by Gasteiger charge is -2.36. The first kappa shape index (κ1) is 19.3. The topological polar surface area (TPSA) is 102 Å². The number of carbonyl (C=O) groups is 1. The number of amides is 1. The van der Waals surface area contributed by atoms with E-state index in [1.54, 1.807) is 40.7 Å². The number of H-pyrrole nitrogens is 1. The zero-order valence-electron chi connectivity index (χ0n) is 16.5. The summed E-state index contributed by atoms with van der Waals surface area (Å²) in [6, 6.07) is 12.6. The van der Waals surface area contributed by atoms with Crippen molar-refractivity contribution in [1.29, 1.82) is 0 Å². The summed E-state index contributed by atoms with van der Waals surface area (Å²) in [5.74, 6) is 0.430. The van der Waals surface area contributed by atoms with Crippen LogP contribution in [-0.4, -0.2) is 57.0 Å². The lowest BCUT2D eigenvalue weighted by atomic mass is 10.2. The summed E-state index contributed by atoms with van der Waals surface area (Å²) in [5, 5.41) is 11.8. The third-order valence-electron chi connectivity index (χ3n) is 5.35. The Morgan fingerprint density at radius 3 is 2.58 bits per heavy atom. The standard InChI is InChI=1S/C22H19N5O3S/c28-17-7-2-1-6-16(17)26-9-11-27(12-10-26)22(30)14-13-31-19-18(14)24-20(25-21(19)29)15-5-3-4-8-23-15/h1-8,13,28H,9-12H2,(H,24,25,29). The van der Waals surface area contributed by atoms with Gasteiger partial charge in [0.25, 0.3) is 11.5 Å². The minimum Gasteiger partial charge on any atom is -0.506 e. The number of piperazine rings is 1. The van der Waals surface area contributed by atoms with Crippen LogP contribution in [0.2, 0.25) is 0 Å². The van der Waals surface area contributed by atoms with Crippen molar-refractivity contribution in [3.05, 3.63) is 70.0 Å². The molecule has 0 bridgehead atoms. The quantitative estimate of drug-likeness (QED) is 0.515. The van der Waals surface area contributed by atoms with Crippen molar-refractivity contribution in [2.75, 3.05) is 31.1 Å². The zero-order chi connectivity index (χ0) is 21.4. The summed E-state index contributed by atoms with van der Waals surface area (Å²) < 4.78 is 0.427. The smallest absolute Gasteiger partial charge is 0.269 e. The van der Waals surface area contributed by atoms with Crippen LogP contribution >= 0.6 is 11.3 Å². The predicted octanol–water partition coefficient (Wildman–Crippen LogP) is 2.71. The van der Waals surface area contributed by atoms with Crippen molar-refractivity contribution in [2.45, 2.75) is 0 Å². The van der Waals surface area contributed by atoms with Crippen LogP contribution in [0, 0.1) is 0 Å². The fourth-order valence-corrected chi connectivity index (χ4v) is 4.63. The normalized spacial score (nSPS) is 14.2. The Labute approximate surface area is 181 Å². The van der Waals surface area contributed by atoms with Crippen molar-refractivity contribution in [2.24, 2.45) is 0 Å².